The molecule has 3 aromatic rings. The van der Waals surface area contributed by atoms with Crippen LogP contribution in [0.5, 0.6) is 0 Å². The minimum atomic E-state index is -3.69. The van der Waals surface area contributed by atoms with E-state index in [-0.39, 0.29) is 12.0 Å². The Balaban J connectivity index is 1.51. The van der Waals surface area contributed by atoms with E-state index in [9.17, 15) is 8.42 Å². The predicted octanol–water partition coefficient (Wildman–Crippen LogP) is 4.06. The maximum absolute atomic E-state index is 13.5. The van der Waals surface area contributed by atoms with Gasteiger partial charge in [-0.3, -0.25) is 9.67 Å². The molecule has 0 spiro atoms. The Labute approximate surface area is 211 Å². The zero-order chi connectivity index (χ0) is 24.9. The van der Waals surface area contributed by atoms with E-state index in [4.69, 9.17) is 17.2 Å². The molecule has 10 heteroatoms. The van der Waals surface area contributed by atoms with Crippen molar-refractivity contribution in [2.45, 2.75) is 63.3 Å². The summed E-state index contributed by atoms with van der Waals surface area (Å²) >= 11 is 5.59. The van der Waals surface area contributed by atoms with E-state index >= 15 is 0 Å². The van der Waals surface area contributed by atoms with Crippen molar-refractivity contribution in [1.29, 1.82) is 0 Å². The average Bonchev–Trinajstić information content (AvgIpc) is 3.50. The number of anilines is 1. The summed E-state index contributed by atoms with van der Waals surface area (Å²) in [4.78, 5) is 5.04. The fraction of sp³-hybridized carbons (Fsp3) is 0.480. The van der Waals surface area contributed by atoms with Crippen LogP contribution in [-0.2, 0) is 23.5 Å². The highest BCUT2D eigenvalue weighted by Gasteiger charge is 2.31. The first kappa shape index (κ1) is 24.1. The Morgan fingerprint density at radius 2 is 1.97 bits per heavy atom. The van der Waals surface area contributed by atoms with Crippen LogP contribution in [0.2, 0.25) is 0 Å². The normalized spacial score (nSPS) is 17.7. The first-order valence-corrected chi connectivity index (χ1v) is 14.0. The number of rotatable bonds is 7. The van der Waals surface area contributed by atoms with E-state index in [0.717, 1.165) is 64.8 Å². The molecular formula is C25H32N6O2S2. The van der Waals surface area contributed by atoms with Crippen molar-refractivity contribution < 1.29 is 8.42 Å². The number of aryl methyl sites for hydroxylation is 3. The third-order valence-corrected chi connectivity index (χ3v) is 8.41. The molecule has 2 aliphatic carbocycles. The fourth-order valence-electron chi connectivity index (χ4n) is 4.78. The van der Waals surface area contributed by atoms with E-state index in [2.05, 4.69) is 20.5 Å². The standard InChI is InChI=1S/C25H32N6O2S2/c1-14(2)12-27-35(32,33)23-11-18-17(20-13-26-22(10-19(20)23)16-5-6-16)7-8-21(18)28-25(34)29-24-9-15(3)30-31(24)4/h9-11,13-14,16,21,27H,5-8,12H2,1-4H3,(H2,28,29,34). The molecule has 8 nitrogen and oxygen atoms in total. The van der Waals surface area contributed by atoms with Crippen LogP contribution in [0.25, 0.3) is 10.8 Å². The molecule has 1 unspecified atom stereocenters. The van der Waals surface area contributed by atoms with Crippen molar-refractivity contribution in [1.82, 2.24) is 24.8 Å². The smallest absolute Gasteiger partial charge is 0.241 e. The second-order valence-corrected chi connectivity index (χ2v) is 12.2. The van der Waals surface area contributed by atoms with Gasteiger partial charge in [0.25, 0.3) is 0 Å². The van der Waals surface area contributed by atoms with E-state index in [0.29, 0.717) is 22.5 Å². The van der Waals surface area contributed by atoms with Crippen LogP contribution in [0.4, 0.5) is 5.82 Å². The first-order chi connectivity index (χ1) is 16.6. The average molecular weight is 513 g/mol. The molecule has 1 fully saturated rings. The number of aromatic nitrogens is 3. The number of thiocarbonyl (C=S) groups is 1. The number of sulfonamides is 1. The van der Waals surface area contributed by atoms with Gasteiger partial charge < -0.3 is 10.6 Å². The summed E-state index contributed by atoms with van der Waals surface area (Å²) in [5.74, 6) is 1.46. The molecule has 0 amide bonds. The Morgan fingerprint density at radius 1 is 1.20 bits per heavy atom. The lowest BCUT2D eigenvalue weighted by atomic mass is 10.0. The molecule has 1 atom stereocenters. The van der Waals surface area contributed by atoms with Gasteiger partial charge in [0.15, 0.2) is 5.11 Å². The molecular weight excluding hydrogens is 480 g/mol. The predicted molar refractivity (Wildman–Crippen MR) is 142 cm³/mol. The third-order valence-electron chi connectivity index (χ3n) is 6.72. The van der Waals surface area contributed by atoms with Crippen LogP contribution in [0, 0.1) is 12.8 Å². The number of nitrogens with one attached hydrogen (secondary N) is 3. The monoisotopic (exact) mass is 512 g/mol. The zero-order valence-corrected chi connectivity index (χ0v) is 22.2. The molecule has 3 N–H and O–H groups in total. The Kier molecular flexibility index (Phi) is 6.31. The van der Waals surface area contributed by atoms with Crippen LogP contribution in [0.15, 0.2) is 29.3 Å². The molecule has 0 aliphatic heterocycles. The van der Waals surface area contributed by atoms with Crippen molar-refractivity contribution in [2.24, 2.45) is 13.0 Å². The van der Waals surface area contributed by atoms with Crippen LogP contribution in [0.3, 0.4) is 0 Å². The number of fused-ring (bicyclic) bond motifs is 3. The maximum Gasteiger partial charge on any atom is 0.241 e. The van der Waals surface area contributed by atoms with Crippen LogP contribution in [-0.4, -0.2) is 34.8 Å². The van der Waals surface area contributed by atoms with Crippen molar-refractivity contribution in [2.75, 3.05) is 11.9 Å². The summed E-state index contributed by atoms with van der Waals surface area (Å²) in [7, 11) is -1.83. The lowest BCUT2D eigenvalue weighted by molar-refractivity contribution is 0.560. The molecule has 1 saturated carbocycles. The van der Waals surface area contributed by atoms with Gasteiger partial charge in [-0.1, -0.05) is 13.8 Å². The van der Waals surface area contributed by atoms with Gasteiger partial charge in [0.1, 0.15) is 5.82 Å². The summed E-state index contributed by atoms with van der Waals surface area (Å²) in [6, 6.07) is 5.68. The molecule has 1 aromatic carbocycles. The molecule has 2 heterocycles. The topological polar surface area (TPSA) is 101 Å². The summed E-state index contributed by atoms with van der Waals surface area (Å²) in [5, 5.41) is 13.1. The van der Waals surface area contributed by atoms with Crippen LogP contribution < -0.4 is 15.4 Å². The second kappa shape index (κ2) is 9.15. The zero-order valence-electron chi connectivity index (χ0n) is 20.6. The molecule has 35 heavy (non-hydrogen) atoms. The van der Waals surface area contributed by atoms with Gasteiger partial charge in [-0.2, -0.15) is 5.10 Å². The highest BCUT2D eigenvalue weighted by Crippen LogP contribution is 2.43. The number of pyridine rings is 1. The molecule has 186 valence electrons. The maximum atomic E-state index is 13.5. The Bertz CT molecular complexity index is 1410. The summed E-state index contributed by atoms with van der Waals surface area (Å²) in [5.41, 5.74) is 4.00. The molecule has 0 bridgehead atoms. The Hall–Kier alpha value is -2.56. The largest absolute Gasteiger partial charge is 0.356 e. The number of hydrogen-bond acceptors (Lipinski definition) is 5. The van der Waals surface area contributed by atoms with Gasteiger partial charge >= 0.3 is 0 Å². The number of hydrogen-bond donors (Lipinski definition) is 3. The first-order valence-electron chi connectivity index (χ1n) is 12.2. The van der Waals surface area contributed by atoms with Gasteiger partial charge in [-0.15, -0.1) is 0 Å². The molecule has 0 saturated heterocycles. The van der Waals surface area contributed by atoms with Crippen molar-refractivity contribution in [3.05, 3.63) is 46.9 Å². The third kappa shape index (κ3) is 4.92. The number of nitrogens with zero attached hydrogens (tertiary/aromatic N) is 3. The fourth-order valence-corrected chi connectivity index (χ4v) is 6.47. The minimum Gasteiger partial charge on any atom is -0.356 e. The van der Waals surface area contributed by atoms with Gasteiger partial charge in [0, 0.05) is 48.2 Å². The Morgan fingerprint density at radius 3 is 2.63 bits per heavy atom. The minimum absolute atomic E-state index is 0.0918. The van der Waals surface area contributed by atoms with Gasteiger partial charge in [-0.05, 0) is 74.0 Å². The van der Waals surface area contributed by atoms with E-state index in [1.54, 1.807) is 4.68 Å². The van der Waals surface area contributed by atoms with Crippen molar-refractivity contribution in [3.63, 3.8) is 0 Å². The lowest BCUT2D eigenvalue weighted by Gasteiger charge is -2.20. The molecule has 2 aromatic heterocycles. The van der Waals surface area contributed by atoms with Crippen LogP contribution >= 0.6 is 12.2 Å². The summed E-state index contributed by atoms with van der Waals surface area (Å²) in [6.07, 6.45) is 5.76. The quantitative estimate of drug-likeness (QED) is 0.411. The van der Waals surface area contributed by atoms with E-state index < -0.39 is 10.0 Å². The van der Waals surface area contributed by atoms with Gasteiger partial charge in [0.05, 0.1) is 16.6 Å². The summed E-state index contributed by atoms with van der Waals surface area (Å²) in [6.45, 7) is 6.31. The highest BCUT2D eigenvalue weighted by molar-refractivity contribution is 7.89. The summed E-state index contributed by atoms with van der Waals surface area (Å²) < 4.78 is 31.5. The van der Waals surface area contributed by atoms with E-state index in [1.807, 2.05) is 52.2 Å². The highest BCUT2D eigenvalue weighted by atomic mass is 32.2. The second-order valence-electron chi connectivity index (χ2n) is 10.1. The van der Waals surface area contributed by atoms with Gasteiger partial charge in [0.2, 0.25) is 10.0 Å². The van der Waals surface area contributed by atoms with Crippen molar-refractivity contribution in [3.8, 4) is 0 Å². The van der Waals surface area contributed by atoms with Gasteiger partial charge in [-0.25, -0.2) is 13.1 Å². The molecule has 5 rings (SSSR count). The molecule has 2 aliphatic rings. The van der Waals surface area contributed by atoms with Crippen LogP contribution in [0.1, 0.15) is 67.6 Å². The lowest BCUT2D eigenvalue weighted by Crippen LogP contribution is -2.32. The van der Waals surface area contributed by atoms with Crippen molar-refractivity contribution >= 4 is 43.9 Å². The molecule has 0 radical (unpaired) electrons. The van der Waals surface area contributed by atoms with E-state index in [1.165, 1.54) is 0 Å². The SMILES string of the molecule is Cc1cc(NC(=S)NC2CCc3c2cc(S(=O)(=O)NCC(C)C)c2cc(C4CC4)ncc32)n(C)n1. The number of benzene rings is 1.